The Kier molecular flexibility index (Phi) is 17.3. The maximum absolute atomic E-state index is 13.2. The van der Waals surface area contributed by atoms with Crippen LogP contribution in [0.4, 0.5) is 0 Å². The maximum atomic E-state index is 13.2. The molecule has 0 saturated carbocycles. The van der Waals surface area contributed by atoms with Crippen LogP contribution in [-0.4, -0.2) is 23.9 Å². The largest absolute Gasteiger partial charge is 0.339 e. The van der Waals surface area contributed by atoms with E-state index in [4.69, 9.17) is 0 Å². The summed E-state index contributed by atoms with van der Waals surface area (Å²) in [6.07, 6.45) is 21.7. The van der Waals surface area contributed by atoms with Crippen LogP contribution in [0.3, 0.4) is 0 Å². The summed E-state index contributed by atoms with van der Waals surface area (Å²) in [6.45, 7) is 8.59. The van der Waals surface area contributed by atoms with E-state index in [-0.39, 0.29) is 5.91 Å². The number of carbonyl (C=O) groups excluding carboxylic acids is 1. The molecule has 0 bridgehead atoms. The monoisotopic (exact) mass is 429 g/mol. The van der Waals surface area contributed by atoms with Gasteiger partial charge in [0.05, 0.1) is 0 Å². The van der Waals surface area contributed by atoms with Crippen molar-refractivity contribution in [1.82, 2.24) is 4.90 Å². The molecule has 0 aromatic heterocycles. The Balaban J connectivity index is 2.49. The van der Waals surface area contributed by atoms with Gasteiger partial charge in [-0.15, -0.1) is 0 Å². The number of amides is 1. The summed E-state index contributed by atoms with van der Waals surface area (Å²) in [6, 6.07) is 8.41. The minimum absolute atomic E-state index is 0.235. The van der Waals surface area contributed by atoms with Crippen LogP contribution >= 0.6 is 0 Å². The van der Waals surface area contributed by atoms with Crippen molar-refractivity contribution in [3.05, 3.63) is 35.4 Å². The van der Waals surface area contributed by atoms with Crippen molar-refractivity contribution >= 4 is 5.91 Å². The molecule has 178 valence electrons. The van der Waals surface area contributed by atoms with Crippen molar-refractivity contribution in [1.29, 1.82) is 0 Å². The topological polar surface area (TPSA) is 20.3 Å². The summed E-state index contributed by atoms with van der Waals surface area (Å²) < 4.78 is 0. The molecule has 0 radical (unpaired) electrons. The van der Waals surface area contributed by atoms with E-state index in [9.17, 15) is 4.79 Å². The molecule has 0 unspecified atom stereocenters. The van der Waals surface area contributed by atoms with Gasteiger partial charge < -0.3 is 4.90 Å². The van der Waals surface area contributed by atoms with Gasteiger partial charge in [0.15, 0.2) is 0 Å². The number of hydrogen-bond donors (Lipinski definition) is 0. The molecular weight excluding hydrogens is 378 g/mol. The van der Waals surface area contributed by atoms with Crippen molar-refractivity contribution < 1.29 is 4.79 Å². The molecule has 2 nitrogen and oxygen atoms in total. The quantitative estimate of drug-likeness (QED) is 0.189. The molecule has 1 rings (SSSR count). The second-order valence-electron chi connectivity index (χ2n) is 9.34. The van der Waals surface area contributed by atoms with E-state index in [1.54, 1.807) is 0 Å². The highest BCUT2D eigenvalue weighted by molar-refractivity contribution is 5.94. The second kappa shape index (κ2) is 19.4. The first-order valence-corrected chi connectivity index (χ1v) is 13.6. The van der Waals surface area contributed by atoms with Crippen LogP contribution in [0.25, 0.3) is 0 Å². The van der Waals surface area contributed by atoms with Crippen LogP contribution in [0.1, 0.15) is 139 Å². The lowest BCUT2D eigenvalue weighted by Gasteiger charge is -2.23. The van der Waals surface area contributed by atoms with Crippen LogP contribution in [0.15, 0.2) is 24.3 Å². The highest BCUT2D eigenvalue weighted by Crippen LogP contribution is 2.14. The Bertz CT molecular complexity index is 518. The molecule has 0 spiro atoms. The predicted molar refractivity (Wildman–Crippen MR) is 137 cm³/mol. The Labute approximate surface area is 194 Å². The van der Waals surface area contributed by atoms with Crippen molar-refractivity contribution in [2.24, 2.45) is 0 Å². The van der Waals surface area contributed by atoms with Gasteiger partial charge in [0.2, 0.25) is 0 Å². The van der Waals surface area contributed by atoms with Gasteiger partial charge in [-0.1, -0.05) is 116 Å². The van der Waals surface area contributed by atoms with Crippen molar-refractivity contribution in [3.8, 4) is 0 Å². The van der Waals surface area contributed by atoms with Crippen LogP contribution in [0, 0.1) is 0 Å². The van der Waals surface area contributed by atoms with E-state index in [0.29, 0.717) is 0 Å². The highest BCUT2D eigenvalue weighted by Gasteiger charge is 2.15. The fourth-order valence-corrected chi connectivity index (χ4v) is 4.21. The van der Waals surface area contributed by atoms with Crippen molar-refractivity contribution in [2.45, 2.75) is 130 Å². The summed E-state index contributed by atoms with van der Waals surface area (Å²) in [5.74, 6) is 0.235. The molecule has 0 aliphatic rings. The van der Waals surface area contributed by atoms with E-state index in [1.165, 1.54) is 95.5 Å². The lowest BCUT2D eigenvalue weighted by atomic mass is 10.0. The molecule has 0 aliphatic carbocycles. The molecule has 0 atom stereocenters. The van der Waals surface area contributed by atoms with Crippen molar-refractivity contribution in [2.75, 3.05) is 13.1 Å². The summed E-state index contributed by atoms with van der Waals surface area (Å²) in [5, 5.41) is 0. The Morgan fingerprint density at radius 1 is 0.581 bits per heavy atom. The molecule has 0 N–H and O–H groups in total. The number of rotatable bonds is 20. The highest BCUT2D eigenvalue weighted by atomic mass is 16.2. The third-order valence-corrected chi connectivity index (χ3v) is 6.37. The third-order valence-electron chi connectivity index (χ3n) is 6.37. The Morgan fingerprint density at radius 3 is 1.45 bits per heavy atom. The average Bonchev–Trinajstić information content (AvgIpc) is 2.80. The molecule has 0 fully saturated rings. The molecule has 31 heavy (non-hydrogen) atoms. The summed E-state index contributed by atoms with van der Waals surface area (Å²) >= 11 is 0. The van der Waals surface area contributed by atoms with Gasteiger partial charge >= 0.3 is 0 Å². The van der Waals surface area contributed by atoms with Gasteiger partial charge in [0.25, 0.3) is 5.91 Å². The first kappa shape index (κ1) is 27.7. The average molecular weight is 430 g/mol. The number of benzene rings is 1. The first-order chi connectivity index (χ1) is 15.2. The van der Waals surface area contributed by atoms with E-state index in [1.807, 2.05) is 0 Å². The SMILES string of the molecule is CCCCCCCCCN(CCCCCCCCC)C(=O)c1ccc(CCCC)cc1. The molecule has 0 aliphatic heterocycles. The fraction of sp³-hybridized carbons (Fsp3) is 0.759. The lowest BCUT2D eigenvalue weighted by molar-refractivity contribution is 0.0749. The molecular formula is C29H51NO. The normalized spacial score (nSPS) is 11.1. The Hall–Kier alpha value is -1.31. The molecule has 0 heterocycles. The zero-order valence-electron chi connectivity index (χ0n) is 21.1. The Morgan fingerprint density at radius 2 is 1.00 bits per heavy atom. The molecule has 1 amide bonds. The molecule has 0 saturated heterocycles. The summed E-state index contributed by atoms with van der Waals surface area (Å²) in [5.41, 5.74) is 2.22. The second-order valence-corrected chi connectivity index (χ2v) is 9.34. The molecule has 2 heteroatoms. The van der Waals surface area contributed by atoms with Gasteiger partial charge in [-0.2, -0.15) is 0 Å². The van der Waals surface area contributed by atoms with Crippen LogP contribution in [-0.2, 0) is 6.42 Å². The smallest absolute Gasteiger partial charge is 0.253 e. The molecule has 1 aromatic carbocycles. The van der Waals surface area contributed by atoms with Gasteiger partial charge in [-0.3, -0.25) is 4.79 Å². The van der Waals surface area contributed by atoms with Crippen LogP contribution in [0.2, 0.25) is 0 Å². The van der Waals surface area contributed by atoms with Gasteiger partial charge in [-0.25, -0.2) is 0 Å². The zero-order valence-corrected chi connectivity index (χ0v) is 21.1. The van der Waals surface area contributed by atoms with Crippen molar-refractivity contribution in [3.63, 3.8) is 0 Å². The number of nitrogens with zero attached hydrogens (tertiary/aromatic N) is 1. The van der Waals surface area contributed by atoms with Gasteiger partial charge in [-0.05, 0) is 43.4 Å². The van der Waals surface area contributed by atoms with Crippen LogP contribution in [0.5, 0.6) is 0 Å². The minimum atomic E-state index is 0.235. The number of carbonyl (C=O) groups is 1. The molecule has 1 aromatic rings. The standard InChI is InChI=1S/C29H51NO/c1-4-7-10-12-14-16-18-25-30(26-19-17-15-13-11-8-5-2)29(31)28-23-21-27(22-24-28)20-9-6-3/h21-24H,4-20,25-26H2,1-3H3. The van der Waals surface area contributed by atoms with E-state index >= 15 is 0 Å². The number of unbranched alkanes of at least 4 members (excludes halogenated alkanes) is 13. The third kappa shape index (κ3) is 13.7. The minimum Gasteiger partial charge on any atom is -0.339 e. The summed E-state index contributed by atoms with van der Waals surface area (Å²) in [4.78, 5) is 15.3. The number of hydrogen-bond acceptors (Lipinski definition) is 1. The lowest BCUT2D eigenvalue weighted by Crippen LogP contribution is -2.33. The fourth-order valence-electron chi connectivity index (χ4n) is 4.21. The summed E-state index contributed by atoms with van der Waals surface area (Å²) in [7, 11) is 0. The number of aryl methyl sites for hydroxylation is 1. The predicted octanol–water partition coefficient (Wildman–Crippen LogP) is 8.97. The van der Waals surface area contributed by atoms with Crippen LogP contribution < -0.4 is 0 Å². The maximum Gasteiger partial charge on any atom is 0.253 e. The van der Waals surface area contributed by atoms with Gasteiger partial charge in [0, 0.05) is 18.7 Å². The van der Waals surface area contributed by atoms with E-state index in [0.717, 1.165) is 37.9 Å². The first-order valence-electron chi connectivity index (χ1n) is 13.6. The zero-order chi connectivity index (χ0) is 22.6. The van der Waals surface area contributed by atoms with E-state index in [2.05, 4.69) is 49.9 Å². The van der Waals surface area contributed by atoms with E-state index < -0.39 is 0 Å². The van der Waals surface area contributed by atoms with Gasteiger partial charge in [0.1, 0.15) is 0 Å².